The van der Waals surface area contributed by atoms with Gasteiger partial charge in [0, 0.05) is 13.5 Å². The molecule has 0 saturated carbocycles. The van der Waals surface area contributed by atoms with Crippen molar-refractivity contribution in [1.82, 2.24) is 5.32 Å². The van der Waals surface area contributed by atoms with Crippen molar-refractivity contribution in [3.05, 3.63) is 39.0 Å². The molecule has 0 spiro atoms. The van der Waals surface area contributed by atoms with Crippen molar-refractivity contribution in [1.29, 1.82) is 0 Å². The first kappa shape index (κ1) is 20.2. The Kier molecular flexibility index (Phi) is 5.89. The number of hydrogen-bond acceptors (Lipinski definition) is 3. The number of amides is 1. The Bertz CT molecular complexity index is 683. The number of halogens is 3. The van der Waals surface area contributed by atoms with Crippen molar-refractivity contribution < 1.29 is 18.5 Å². The van der Waals surface area contributed by atoms with E-state index in [1.165, 1.54) is 13.0 Å². The van der Waals surface area contributed by atoms with Crippen LogP contribution in [-0.2, 0) is 14.1 Å². The lowest BCUT2D eigenvalue weighted by Gasteiger charge is -2.32. The van der Waals surface area contributed by atoms with Crippen LogP contribution in [0.25, 0.3) is 6.08 Å². The maximum Gasteiger partial charge on any atom is 0.492 e. The molecule has 1 aromatic carbocycles. The van der Waals surface area contributed by atoms with Gasteiger partial charge in [0.2, 0.25) is 5.91 Å². The van der Waals surface area contributed by atoms with Crippen molar-refractivity contribution in [3.8, 4) is 0 Å². The lowest BCUT2D eigenvalue weighted by molar-refractivity contribution is -0.118. The van der Waals surface area contributed by atoms with Crippen LogP contribution in [0.4, 0.5) is 4.39 Å². The predicted octanol–water partition coefficient (Wildman–Crippen LogP) is 4.28. The van der Waals surface area contributed by atoms with Crippen LogP contribution in [0.3, 0.4) is 0 Å². The zero-order valence-electron chi connectivity index (χ0n) is 14.9. The first-order chi connectivity index (χ1) is 11.4. The monoisotopic (exact) mass is 387 g/mol. The normalized spacial score (nSPS) is 19.2. The van der Waals surface area contributed by atoms with E-state index in [2.05, 4.69) is 5.32 Å². The van der Waals surface area contributed by atoms with Crippen LogP contribution in [0.1, 0.15) is 40.2 Å². The van der Waals surface area contributed by atoms with Crippen LogP contribution in [0.15, 0.2) is 17.6 Å². The van der Waals surface area contributed by atoms with Crippen LogP contribution >= 0.6 is 23.2 Å². The van der Waals surface area contributed by atoms with Gasteiger partial charge in [-0.3, -0.25) is 4.79 Å². The summed E-state index contributed by atoms with van der Waals surface area (Å²) in [5.41, 5.74) is 0.0831. The van der Waals surface area contributed by atoms with E-state index < -0.39 is 24.1 Å². The molecule has 0 aliphatic carbocycles. The van der Waals surface area contributed by atoms with Gasteiger partial charge < -0.3 is 14.6 Å². The third kappa shape index (κ3) is 4.56. The van der Waals surface area contributed by atoms with E-state index in [1.54, 1.807) is 12.1 Å². The molecule has 136 valence electrons. The molecule has 1 N–H and O–H groups in total. The van der Waals surface area contributed by atoms with Gasteiger partial charge in [-0.25, -0.2) is 4.39 Å². The molecular formula is C17H21BCl2FNO3. The molecule has 1 amide bonds. The van der Waals surface area contributed by atoms with E-state index in [1.807, 2.05) is 27.7 Å². The first-order valence-electron chi connectivity index (χ1n) is 7.88. The Labute approximate surface area is 157 Å². The molecule has 0 radical (unpaired) electrons. The third-order valence-corrected chi connectivity index (χ3v) is 5.23. The SMILES string of the molecule is CC(=O)NCC(=Cc1cc(F)c(Cl)c(Cl)c1)B1OC(C)(C)C(C)(C)O1. The Morgan fingerprint density at radius 1 is 1.24 bits per heavy atom. The predicted molar refractivity (Wildman–Crippen MR) is 99.2 cm³/mol. The smallest absolute Gasteiger partial charge is 0.400 e. The fourth-order valence-electron chi connectivity index (χ4n) is 2.30. The highest BCUT2D eigenvalue weighted by Crippen LogP contribution is 2.39. The van der Waals surface area contributed by atoms with E-state index in [0.29, 0.717) is 11.0 Å². The Morgan fingerprint density at radius 3 is 2.28 bits per heavy atom. The van der Waals surface area contributed by atoms with Crippen molar-refractivity contribution in [2.45, 2.75) is 45.8 Å². The third-order valence-electron chi connectivity index (χ3n) is 4.46. The molecule has 2 rings (SSSR count). The zero-order chi connectivity index (χ0) is 19.0. The van der Waals surface area contributed by atoms with Crippen LogP contribution < -0.4 is 5.32 Å². The van der Waals surface area contributed by atoms with Gasteiger partial charge in [-0.2, -0.15) is 0 Å². The van der Waals surface area contributed by atoms with Gasteiger partial charge in [-0.1, -0.05) is 29.3 Å². The maximum absolute atomic E-state index is 13.9. The minimum atomic E-state index is -0.672. The van der Waals surface area contributed by atoms with Crippen LogP contribution in [-0.4, -0.2) is 30.8 Å². The summed E-state index contributed by atoms with van der Waals surface area (Å²) in [4.78, 5) is 11.3. The van der Waals surface area contributed by atoms with Crippen LogP contribution in [0, 0.1) is 5.82 Å². The Hall–Kier alpha value is -1.08. The van der Waals surface area contributed by atoms with Crippen molar-refractivity contribution in [2.24, 2.45) is 0 Å². The topological polar surface area (TPSA) is 47.6 Å². The minimum absolute atomic E-state index is 0.112. The highest BCUT2D eigenvalue weighted by molar-refractivity contribution is 6.56. The second-order valence-corrected chi connectivity index (χ2v) is 7.80. The molecule has 4 nitrogen and oxygen atoms in total. The fraction of sp³-hybridized carbons (Fsp3) is 0.471. The number of carbonyl (C=O) groups excluding carboxylic acids is 1. The molecule has 1 aliphatic rings. The molecule has 0 aromatic heterocycles. The van der Waals surface area contributed by atoms with E-state index >= 15 is 0 Å². The molecule has 1 fully saturated rings. The average molecular weight is 388 g/mol. The van der Waals surface area contributed by atoms with Gasteiger partial charge in [0.15, 0.2) is 0 Å². The summed E-state index contributed by atoms with van der Waals surface area (Å²) < 4.78 is 25.9. The number of benzene rings is 1. The number of nitrogens with one attached hydrogen (secondary N) is 1. The van der Waals surface area contributed by atoms with E-state index in [9.17, 15) is 9.18 Å². The van der Waals surface area contributed by atoms with Gasteiger partial charge in [0.1, 0.15) is 5.82 Å². The summed E-state index contributed by atoms with van der Waals surface area (Å²) in [7, 11) is -0.672. The van der Waals surface area contributed by atoms with E-state index in [-0.39, 0.29) is 22.5 Å². The standard InChI is InChI=1S/C17H21BCl2FNO3/c1-10(23)22-9-12(18-24-16(2,3)17(4,5)25-18)6-11-7-13(19)15(20)14(21)8-11/h6-8H,9H2,1-5H3,(H,22,23). The van der Waals surface area contributed by atoms with Gasteiger partial charge in [0.25, 0.3) is 0 Å². The van der Waals surface area contributed by atoms with E-state index in [4.69, 9.17) is 32.5 Å². The summed E-state index contributed by atoms with van der Waals surface area (Å²) >= 11 is 11.7. The van der Waals surface area contributed by atoms with Crippen molar-refractivity contribution in [3.63, 3.8) is 0 Å². The highest BCUT2D eigenvalue weighted by atomic mass is 35.5. The zero-order valence-corrected chi connectivity index (χ0v) is 16.4. The minimum Gasteiger partial charge on any atom is -0.400 e. The fourth-order valence-corrected chi connectivity index (χ4v) is 2.62. The molecule has 1 heterocycles. The van der Waals surface area contributed by atoms with Gasteiger partial charge in [0.05, 0.1) is 21.2 Å². The van der Waals surface area contributed by atoms with Crippen molar-refractivity contribution in [2.75, 3.05) is 6.54 Å². The van der Waals surface area contributed by atoms with E-state index in [0.717, 1.165) is 0 Å². The average Bonchev–Trinajstić information content (AvgIpc) is 2.68. The second kappa shape index (κ2) is 7.27. The van der Waals surface area contributed by atoms with Gasteiger partial charge in [-0.15, -0.1) is 0 Å². The molecule has 8 heteroatoms. The van der Waals surface area contributed by atoms with Crippen molar-refractivity contribution >= 4 is 42.3 Å². The number of rotatable bonds is 4. The second-order valence-electron chi connectivity index (χ2n) is 7.02. The summed E-state index contributed by atoms with van der Waals surface area (Å²) in [6.07, 6.45) is 1.68. The molecule has 0 atom stereocenters. The first-order valence-corrected chi connectivity index (χ1v) is 8.63. The Balaban J connectivity index is 2.38. The summed E-state index contributed by atoms with van der Waals surface area (Å²) in [5, 5.41) is 2.70. The lowest BCUT2D eigenvalue weighted by atomic mass is 9.77. The van der Waals surface area contributed by atoms with Gasteiger partial charge >= 0.3 is 7.12 Å². The molecule has 25 heavy (non-hydrogen) atoms. The summed E-state index contributed by atoms with van der Waals surface area (Å²) in [6.45, 7) is 9.35. The maximum atomic E-state index is 13.9. The number of carbonyl (C=O) groups is 1. The lowest BCUT2D eigenvalue weighted by Crippen LogP contribution is -2.41. The Morgan fingerprint density at radius 2 is 1.80 bits per heavy atom. The highest BCUT2D eigenvalue weighted by Gasteiger charge is 2.52. The molecule has 0 bridgehead atoms. The van der Waals surface area contributed by atoms with Gasteiger partial charge in [-0.05, 0) is 50.9 Å². The van der Waals surface area contributed by atoms with Crippen LogP contribution in [0.2, 0.25) is 10.0 Å². The molecule has 1 aliphatic heterocycles. The molecule has 1 saturated heterocycles. The molecular weight excluding hydrogens is 367 g/mol. The van der Waals surface area contributed by atoms with Crippen LogP contribution in [0.5, 0.6) is 0 Å². The summed E-state index contributed by atoms with van der Waals surface area (Å²) in [6, 6.07) is 2.82. The largest absolute Gasteiger partial charge is 0.492 e. The summed E-state index contributed by atoms with van der Waals surface area (Å²) in [5.74, 6) is -0.809. The molecule has 1 aromatic rings. The quantitative estimate of drug-likeness (QED) is 0.619. The molecule has 0 unspecified atom stereocenters. The number of hydrogen-bond donors (Lipinski definition) is 1.